The summed E-state index contributed by atoms with van der Waals surface area (Å²) in [6.45, 7) is 8.39. The van der Waals surface area contributed by atoms with Gasteiger partial charge in [0.15, 0.2) is 11.5 Å². The Kier molecular flexibility index (Phi) is 9.54. The molecule has 1 heterocycles. The summed E-state index contributed by atoms with van der Waals surface area (Å²) >= 11 is 6.14. The van der Waals surface area contributed by atoms with E-state index in [-0.39, 0.29) is 37.7 Å². The second kappa shape index (κ2) is 12.3. The Balaban J connectivity index is 1.75. The molecular weight excluding hydrogens is 530 g/mol. The normalized spacial score (nSPS) is 13.9. The summed E-state index contributed by atoms with van der Waals surface area (Å²) in [4.78, 5) is 27.9. The van der Waals surface area contributed by atoms with Gasteiger partial charge in [-0.05, 0) is 63.9 Å². The highest BCUT2D eigenvalue weighted by atomic mass is 35.5. The van der Waals surface area contributed by atoms with Crippen molar-refractivity contribution >= 4 is 39.1 Å². The zero-order valence-corrected chi connectivity index (χ0v) is 24.1. The van der Waals surface area contributed by atoms with Gasteiger partial charge >= 0.3 is 0 Å². The van der Waals surface area contributed by atoms with E-state index in [1.807, 2.05) is 26.8 Å². The zero-order valence-electron chi connectivity index (χ0n) is 22.5. The molecule has 0 saturated heterocycles. The van der Waals surface area contributed by atoms with Crippen LogP contribution >= 0.6 is 11.6 Å². The number of ether oxygens (including phenoxy) is 2. The molecule has 38 heavy (non-hydrogen) atoms. The van der Waals surface area contributed by atoms with Crippen LogP contribution in [-0.4, -0.2) is 62.7 Å². The van der Waals surface area contributed by atoms with Gasteiger partial charge < -0.3 is 19.7 Å². The summed E-state index contributed by atoms with van der Waals surface area (Å²) in [5, 5.41) is 3.46. The van der Waals surface area contributed by atoms with Gasteiger partial charge in [0, 0.05) is 36.1 Å². The number of nitrogens with zero attached hydrogens (tertiary/aromatic N) is 2. The molecule has 1 aliphatic heterocycles. The lowest BCUT2D eigenvalue weighted by Gasteiger charge is -2.32. The molecular formula is C27H36ClN3O6S. The molecule has 0 saturated carbocycles. The molecule has 2 amide bonds. The van der Waals surface area contributed by atoms with Gasteiger partial charge in [0.05, 0.1) is 11.9 Å². The summed E-state index contributed by atoms with van der Waals surface area (Å²) in [5.41, 5.74) is 0.753. The van der Waals surface area contributed by atoms with Crippen LogP contribution in [0.15, 0.2) is 42.5 Å². The Bertz CT molecular complexity index is 1260. The second-order valence-corrected chi connectivity index (χ2v) is 12.7. The van der Waals surface area contributed by atoms with Crippen LogP contribution in [0.5, 0.6) is 11.5 Å². The molecule has 208 valence electrons. The summed E-state index contributed by atoms with van der Waals surface area (Å²) in [6.07, 6.45) is 1.42. The van der Waals surface area contributed by atoms with E-state index >= 15 is 0 Å². The zero-order chi connectivity index (χ0) is 28.1. The molecule has 11 heteroatoms. The highest BCUT2D eigenvalue weighted by Crippen LogP contribution is 2.34. The number of fused-ring (bicyclic) bond motifs is 1. The highest BCUT2D eigenvalue weighted by molar-refractivity contribution is 7.92. The van der Waals surface area contributed by atoms with Gasteiger partial charge in [0.25, 0.3) is 0 Å². The van der Waals surface area contributed by atoms with Crippen molar-refractivity contribution in [2.45, 2.75) is 58.7 Å². The van der Waals surface area contributed by atoms with Crippen LogP contribution in [0.3, 0.4) is 0 Å². The van der Waals surface area contributed by atoms with Gasteiger partial charge in [-0.2, -0.15) is 0 Å². The number of amides is 2. The molecule has 1 atom stereocenters. The third kappa shape index (κ3) is 8.26. The van der Waals surface area contributed by atoms with Crippen LogP contribution in [0.1, 0.15) is 46.1 Å². The first-order chi connectivity index (χ1) is 17.7. The SMILES string of the molecule is C[C@H](C(=O)NC(C)(C)C)N(Cc1cccc(Cl)c1)C(=O)CCCN(c1ccc2c(c1)OCCO2)S(C)(=O)=O. The maximum atomic E-state index is 13.4. The van der Waals surface area contributed by atoms with Crippen LogP contribution in [0.4, 0.5) is 5.69 Å². The van der Waals surface area contributed by atoms with Gasteiger partial charge in [-0.15, -0.1) is 0 Å². The largest absolute Gasteiger partial charge is 0.486 e. The first kappa shape index (κ1) is 29.6. The van der Waals surface area contributed by atoms with E-state index in [1.54, 1.807) is 43.3 Å². The number of anilines is 1. The Morgan fingerprint density at radius 3 is 2.39 bits per heavy atom. The fraction of sp³-hybridized carbons (Fsp3) is 0.481. The number of nitrogens with one attached hydrogen (secondary N) is 1. The van der Waals surface area contributed by atoms with Gasteiger partial charge in [-0.1, -0.05) is 23.7 Å². The number of halogens is 1. The average Bonchev–Trinajstić information content (AvgIpc) is 2.82. The van der Waals surface area contributed by atoms with Crippen molar-refractivity contribution in [2.24, 2.45) is 0 Å². The number of rotatable bonds is 10. The number of carbonyl (C=O) groups excluding carboxylic acids is 2. The molecule has 1 aliphatic rings. The lowest BCUT2D eigenvalue weighted by atomic mass is 10.1. The van der Waals surface area contributed by atoms with Gasteiger partial charge in [0.1, 0.15) is 19.3 Å². The van der Waals surface area contributed by atoms with Gasteiger partial charge in [-0.3, -0.25) is 13.9 Å². The molecule has 0 fully saturated rings. The maximum absolute atomic E-state index is 13.4. The Morgan fingerprint density at radius 1 is 1.08 bits per heavy atom. The Morgan fingerprint density at radius 2 is 1.76 bits per heavy atom. The van der Waals surface area contributed by atoms with E-state index in [4.69, 9.17) is 21.1 Å². The Labute approximate surface area is 230 Å². The van der Waals surface area contributed by atoms with E-state index in [0.717, 1.165) is 11.8 Å². The predicted octanol–water partition coefficient (Wildman–Crippen LogP) is 3.99. The summed E-state index contributed by atoms with van der Waals surface area (Å²) < 4.78 is 37.6. The monoisotopic (exact) mass is 565 g/mol. The van der Waals surface area contributed by atoms with Crippen molar-refractivity contribution in [2.75, 3.05) is 30.3 Å². The van der Waals surface area contributed by atoms with Crippen LogP contribution in [-0.2, 0) is 26.2 Å². The van der Waals surface area contributed by atoms with Crippen molar-refractivity contribution in [3.63, 3.8) is 0 Å². The minimum Gasteiger partial charge on any atom is -0.486 e. The van der Waals surface area contributed by atoms with Crippen molar-refractivity contribution in [3.05, 3.63) is 53.1 Å². The van der Waals surface area contributed by atoms with Crippen molar-refractivity contribution in [1.29, 1.82) is 0 Å². The lowest BCUT2D eigenvalue weighted by Crippen LogP contribution is -2.52. The smallest absolute Gasteiger partial charge is 0.242 e. The molecule has 0 unspecified atom stereocenters. The second-order valence-electron chi connectivity index (χ2n) is 10.3. The molecule has 0 spiro atoms. The topological polar surface area (TPSA) is 105 Å². The molecule has 0 aliphatic carbocycles. The minimum absolute atomic E-state index is 0.0459. The standard InChI is InChI=1S/C27H36ClN3O6S/c1-19(26(33)29-27(2,3)4)30(18-20-8-6-9-21(28)16-20)25(32)10-7-13-31(38(5,34)35)22-11-12-23-24(17-22)37-15-14-36-23/h6,8-9,11-12,16-17,19H,7,10,13-15,18H2,1-5H3,(H,29,33)/t19-/m1/s1. The summed E-state index contributed by atoms with van der Waals surface area (Å²) in [5.74, 6) is 0.492. The van der Waals surface area contributed by atoms with Gasteiger partial charge in [-0.25, -0.2) is 8.42 Å². The molecule has 0 aromatic heterocycles. The minimum atomic E-state index is -3.63. The molecule has 3 rings (SSSR count). The van der Waals surface area contributed by atoms with Crippen molar-refractivity contribution in [1.82, 2.24) is 10.2 Å². The fourth-order valence-electron chi connectivity index (χ4n) is 4.08. The third-order valence-corrected chi connectivity index (χ3v) is 7.30. The van der Waals surface area contributed by atoms with Crippen LogP contribution < -0.4 is 19.1 Å². The maximum Gasteiger partial charge on any atom is 0.242 e. The van der Waals surface area contributed by atoms with Crippen LogP contribution in [0, 0.1) is 0 Å². The first-order valence-corrected chi connectivity index (χ1v) is 14.7. The number of hydrogen-bond acceptors (Lipinski definition) is 6. The summed E-state index contributed by atoms with van der Waals surface area (Å²) in [7, 11) is -3.63. The molecule has 0 radical (unpaired) electrons. The van der Waals surface area contributed by atoms with Crippen LogP contribution in [0.2, 0.25) is 5.02 Å². The molecule has 1 N–H and O–H groups in total. The number of hydrogen-bond donors (Lipinski definition) is 1. The van der Waals surface area contributed by atoms with Crippen LogP contribution in [0.25, 0.3) is 0 Å². The van der Waals surface area contributed by atoms with E-state index in [0.29, 0.717) is 35.4 Å². The number of benzene rings is 2. The average molecular weight is 566 g/mol. The summed E-state index contributed by atoms with van der Waals surface area (Å²) in [6, 6.07) is 11.3. The number of sulfonamides is 1. The molecule has 0 bridgehead atoms. The first-order valence-electron chi connectivity index (χ1n) is 12.5. The molecule has 9 nitrogen and oxygen atoms in total. The third-order valence-electron chi connectivity index (χ3n) is 5.87. The Hall–Kier alpha value is -2.98. The highest BCUT2D eigenvalue weighted by Gasteiger charge is 2.29. The van der Waals surface area contributed by atoms with E-state index in [9.17, 15) is 18.0 Å². The van der Waals surface area contributed by atoms with E-state index in [2.05, 4.69) is 5.32 Å². The van der Waals surface area contributed by atoms with E-state index < -0.39 is 21.6 Å². The predicted molar refractivity (Wildman–Crippen MR) is 148 cm³/mol. The van der Waals surface area contributed by atoms with Crippen molar-refractivity contribution in [3.8, 4) is 11.5 Å². The molecule has 2 aromatic carbocycles. The quantitative estimate of drug-likeness (QED) is 0.467. The number of carbonyl (C=O) groups is 2. The fourth-order valence-corrected chi connectivity index (χ4v) is 5.25. The lowest BCUT2D eigenvalue weighted by molar-refractivity contribution is -0.141. The van der Waals surface area contributed by atoms with E-state index in [1.165, 1.54) is 9.21 Å². The molecule has 2 aromatic rings. The van der Waals surface area contributed by atoms with Gasteiger partial charge in [0.2, 0.25) is 21.8 Å². The van der Waals surface area contributed by atoms with Crippen molar-refractivity contribution < 1.29 is 27.5 Å².